The summed E-state index contributed by atoms with van der Waals surface area (Å²) in [5.74, 6) is 1.36. The summed E-state index contributed by atoms with van der Waals surface area (Å²) in [6, 6.07) is 27.7. The van der Waals surface area contributed by atoms with E-state index in [1.807, 2.05) is 66.7 Å². The van der Waals surface area contributed by atoms with Crippen molar-refractivity contribution in [3.8, 4) is 11.5 Å². The molecule has 7 nitrogen and oxygen atoms in total. The Morgan fingerprint density at radius 1 is 0.816 bits per heavy atom. The van der Waals surface area contributed by atoms with Crippen LogP contribution in [-0.4, -0.2) is 37.0 Å². The molecule has 0 aliphatic heterocycles. The van der Waals surface area contributed by atoms with E-state index >= 15 is 0 Å². The number of ether oxygens (including phenoxy) is 2. The first-order valence-electron chi connectivity index (χ1n) is 12.5. The minimum absolute atomic E-state index is 0.101. The van der Waals surface area contributed by atoms with Gasteiger partial charge in [-0.05, 0) is 41.0 Å². The molecular weight excluding hydrogens is 480 g/mol. The molecule has 196 valence electrons. The Bertz CT molecular complexity index is 1310. The minimum Gasteiger partial charge on any atom is -0.493 e. The molecule has 0 aliphatic rings. The lowest BCUT2D eigenvalue weighted by Gasteiger charge is -2.31. The molecule has 0 bridgehead atoms. The molecule has 1 aromatic heterocycles. The summed E-state index contributed by atoms with van der Waals surface area (Å²) in [5, 5.41) is 2.96. The molecule has 1 N–H and O–H groups in total. The van der Waals surface area contributed by atoms with E-state index in [2.05, 4.69) is 5.32 Å². The van der Waals surface area contributed by atoms with Gasteiger partial charge in [0.05, 0.1) is 33.4 Å². The molecule has 0 unspecified atom stereocenters. The van der Waals surface area contributed by atoms with E-state index < -0.39 is 6.04 Å². The van der Waals surface area contributed by atoms with E-state index in [0.29, 0.717) is 30.2 Å². The van der Waals surface area contributed by atoms with Gasteiger partial charge in [-0.2, -0.15) is 0 Å². The second-order valence-corrected chi connectivity index (χ2v) is 8.88. The Balaban J connectivity index is 1.64. The largest absolute Gasteiger partial charge is 0.493 e. The van der Waals surface area contributed by atoms with Crippen LogP contribution in [-0.2, 0) is 35.5 Å². The molecule has 0 spiro atoms. The standard InChI is InChI=1S/C31H32N2O5/c1-36-28-16-15-25(19-29(28)37-2)20-30(34)33(22-24-12-7-4-8-13-24)27(18-23-10-5-3-6-11-23)31(35)32-21-26-14-9-17-38-26/h3-17,19,27H,18,20-22H2,1-2H3,(H,32,35)/t27-/m1/s1. The number of hydrogen-bond donors (Lipinski definition) is 1. The molecule has 4 rings (SSSR count). The molecule has 1 heterocycles. The van der Waals surface area contributed by atoms with Crippen LogP contribution in [0.25, 0.3) is 0 Å². The number of amides is 2. The van der Waals surface area contributed by atoms with Crippen molar-refractivity contribution in [2.24, 2.45) is 0 Å². The average molecular weight is 513 g/mol. The Kier molecular flexibility index (Phi) is 9.18. The van der Waals surface area contributed by atoms with Gasteiger partial charge in [0.25, 0.3) is 0 Å². The van der Waals surface area contributed by atoms with Crippen molar-refractivity contribution >= 4 is 11.8 Å². The Labute approximate surface area is 223 Å². The molecule has 7 heteroatoms. The molecule has 38 heavy (non-hydrogen) atoms. The number of rotatable bonds is 12. The maximum absolute atomic E-state index is 13.9. The number of methoxy groups -OCH3 is 2. The van der Waals surface area contributed by atoms with Crippen LogP contribution in [0.2, 0.25) is 0 Å². The molecular formula is C31H32N2O5. The highest BCUT2D eigenvalue weighted by atomic mass is 16.5. The zero-order valence-electron chi connectivity index (χ0n) is 21.6. The number of nitrogens with one attached hydrogen (secondary N) is 1. The van der Waals surface area contributed by atoms with E-state index in [-0.39, 0.29) is 24.8 Å². The van der Waals surface area contributed by atoms with Gasteiger partial charge in [-0.25, -0.2) is 0 Å². The van der Waals surface area contributed by atoms with Crippen molar-refractivity contribution < 1.29 is 23.5 Å². The summed E-state index contributed by atoms with van der Waals surface area (Å²) in [6.45, 7) is 0.527. The van der Waals surface area contributed by atoms with Crippen LogP contribution in [0.1, 0.15) is 22.5 Å². The zero-order chi connectivity index (χ0) is 26.7. The van der Waals surface area contributed by atoms with Crippen LogP contribution in [0, 0.1) is 0 Å². The number of nitrogens with zero attached hydrogens (tertiary/aromatic N) is 1. The Morgan fingerprint density at radius 2 is 1.50 bits per heavy atom. The van der Waals surface area contributed by atoms with Crippen molar-refractivity contribution in [2.45, 2.75) is 32.0 Å². The van der Waals surface area contributed by atoms with Crippen molar-refractivity contribution in [1.29, 1.82) is 0 Å². The van der Waals surface area contributed by atoms with Gasteiger partial charge < -0.3 is 24.1 Å². The summed E-state index contributed by atoms with van der Waals surface area (Å²) in [7, 11) is 3.13. The third kappa shape index (κ3) is 7.03. The maximum atomic E-state index is 13.9. The first kappa shape index (κ1) is 26.5. The zero-order valence-corrected chi connectivity index (χ0v) is 21.6. The lowest BCUT2D eigenvalue weighted by Crippen LogP contribution is -2.50. The summed E-state index contributed by atoms with van der Waals surface area (Å²) < 4.78 is 16.1. The SMILES string of the molecule is COc1ccc(CC(=O)N(Cc2ccccc2)[C@H](Cc2ccccc2)C(=O)NCc2ccco2)cc1OC. The number of carbonyl (C=O) groups is 2. The lowest BCUT2D eigenvalue weighted by molar-refractivity contribution is -0.140. The molecule has 0 fully saturated rings. The molecule has 3 aromatic carbocycles. The summed E-state index contributed by atoms with van der Waals surface area (Å²) in [4.78, 5) is 29.2. The fraction of sp³-hybridized carbons (Fsp3) is 0.226. The molecule has 2 amide bonds. The van der Waals surface area contributed by atoms with E-state index in [0.717, 1.165) is 16.7 Å². The highest BCUT2D eigenvalue weighted by molar-refractivity contribution is 5.88. The highest BCUT2D eigenvalue weighted by Crippen LogP contribution is 2.28. The quantitative estimate of drug-likeness (QED) is 0.295. The fourth-order valence-corrected chi connectivity index (χ4v) is 4.31. The smallest absolute Gasteiger partial charge is 0.243 e. The second kappa shape index (κ2) is 13.1. The van der Waals surface area contributed by atoms with E-state index in [1.54, 1.807) is 49.6 Å². The number of carbonyl (C=O) groups excluding carboxylic acids is 2. The number of hydrogen-bond acceptors (Lipinski definition) is 5. The molecule has 4 aromatic rings. The summed E-state index contributed by atoms with van der Waals surface area (Å²) in [5.41, 5.74) is 2.66. The van der Waals surface area contributed by atoms with Gasteiger partial charge >= 0.3 is 0 Å². The molecule has 0 radical (unpaired) electrons. The molecule has 1 atom stereocenters. The van der Waals surface area contributed by atoms with E-state index in [1.165, 1.54) is 0 Å². The number of furan rings is 1. The first-order valence-corrected chi connectivity index (χ1v) is 12.5. The predicted molar refractivity (Wildman–Crippen MR) is 145 cm³/mol. The first-order chi connectivity index (χ1) is 18.6. The van der Waals surface area contributed by atoms with Crippen LogP contribution in [0.4, 0.5) is 0 Å². The van der Waals surface area contributed by atoms with Crippen LogP contribution in [0.15, 0.2) is 102 Å². The third-order valence-electron chi connectivity index (χ3n) is 6.29. The van der Waals surface area contributed by atoms with Gasteiger partial charge in [0.1, 0.15) is 11.8 Å². The van der Waals surface area contributed by atoms with Crippen LogP contribution >= 0.6 is 0 Å². The van der Waals surface area contributed by atoms with Crippen molar-refractivity contribution in [1.82, 2.24) is 10.2 Å². The summed E-state index contributed by atoms with van der Waals surface area (Å²) in [6.07, 6.45) is 2.04. The van der Waals surface area contributed by atoms with Gasteiger partial charge in [0.2, 0.25) is 11.8 Å². The van der Waals surface area contributed by atoms with Crippen molar-refractivity contribution in [2.75, 3.05) is 14.2 Å². The van der Waals surface area contributed by atoms with E-state index in [9.17, 15) is 9.59 Å². The topological polar surface area (TPSA) is 81.0 Å². The normalized spacial score (nSPS) is 11.4. The van der Waals surface area contributed by atoms with Crippen molar-refractivity contribution in [3.05, 3.63) is 120 Å². The van der Waals surface area contributed by atoms with Crippen LogP contribution in [0.5, 0.6) is 11.5 Å². The van der Waals surface area contributed by atoms with E-state index in [4.69, 9.17) is 13.9 Å². The monoisotopic (exact) mass is 512 g/mol. The fourth-order valence-electron chi connectivity index (χ4n) is 4.31. The molecule has 0 aliphatic carbocycles. The van der Waals surface area contributed by atoms with Crippen LogP contribution < -0.4 is 14.8 Å². The van der Waals surface area contributed by atoms with Gasteiger partial charge in [-0.3, -0.25) is 9.59 Å². The Morgan fingerprint density at radius 3 is 2.13 bits per heavy atom. The second-order valence-electron chi connectivity index (χ2n) is 8.88. The Hall–Kier alpha value is -4.52. The summed E-state index contributed by atoms with van der Waals surface area (Å²) >= 11 is 0. The third-order valence-corrected chi connectivity index (χ3v) is 6.29. The lowest BCUT2D eigenvalue weighted by atomic mass is 10.0. The van der Waals surface area contributed by atoms with Gasteiger partial charge in [-0.15, -0.1) is 0 Å². The minimum atomic E-state index is -0.736. The van der Waals surface area contributed by atoms with Gasteiger partial charge in [0.15, 0.2) is 11.5 Å². The molecule has 0 saturated carbocycles. The van der Waals surface area contributed by atoms with Crippen molar-refractivity contribution in [3.63, 3.8) is 0 Å². The van der Waals surface area contributed by atoms with Gasteiger partial charge in [0, 0.05) is 13.0 Å². The predicted octanol–water partition coefficient (Wildman–Crippen LogP) is 4.80. The highest BCUT2D eigenvalue weighted by Gasteiger charge is 2.30. The van der Waals surface area contributed by atoms with Crippen LogP contribution in [0.3, 0.4) is 0 Å². The number of benzene rings is 3. The van der Waals surface area contributed by atoms with Gasteiger partial charge in [-0.1, -0.05) is 66.7 Å². The average Bonchev–Trinajstić information content (AvgIpc) is 3.48. The molecule has 0 saturated heterocycles. The maximum Gasteiger partial charge on any atom is 0.243 e.